The van der Waals surface area contributed by atoms with Gasteiger partial charge in [-0.15, -0.1) is 0 Å². The van der Waals surface area contributed by atoms with E-state index in [1.54, 1.807) is 53.6 Å². The molecule has 0 radical (unpaired) electrons. The third-order valence-corrected chi connectivity index (χ3v) is 6.93. The quantitative estimate of drug-likeness (QED) is 0.520. The number of benzene rings is 2. The molecule has 0 aliphatic carbocycles. The third kappa shape index (κ3) is 2.96. The number of ketones is 1. The molecule has 1 fully saturated rings. The summed E-state index contributed by atoms with van der Waals surface area (Å²) in [6.07, 6.45) is 5.16. The van der Waals surface area contributed by atoms with Gasteiger partial charge in [-0.25, -0.2) is 4.39 Å². The molecule has 0 amide bonds. The van der Waals surface area contributed by atoms with Crippen molar-refractivity contribution in [2.24, 2.45) is 5.41 Å². The minimum absolute atomic E-state index is 0.182. The zero-order valence-electron chi connectivity index (χ0n) is 18.7. The maximum Gasteiger partial charge on any atom is 0.186 e. The average Bonchev–Trinajstić information content (AvgIpc) is 3.15. The Hall–Kier alpha value is -4.29. The van der Waals surface area contributed by atoms with Crippen molar-refractivity contribution in [1.82, 2.24) is 4.98 Å². The lowest BCUT2D eigenvalue weighted by Crippen LogP contribution is -2.44. The number of carbonyl (C=O) groups excluding carboxylic acids is 1. The molecule has 5 rings (SSSR count). The summed E-state index contributed by atoms with van der Waals surface area (Å²) in [4.78, 5) is 20.4. The van der Waals surface area contributed by atoms with Gasteiger partial charge in [-0.2, -0.15) is 10.5 Å². The van der Waals surface area contributed by atoms with Gasteiger partial charge in [-0.1, -0.05) is 48.0 Å². The van der Waals surface area contributed by atoms with Gasteiger partial charge in [0.2, 0.25) is 0 Å². The standard InChI is InChI=1S/C28H21FN4O/c1-17-9-10-19(18(2)14-17)27(34)26-25(20-6-3-4-7-21(20)29)28(15-30,16-31)24-12-11-22-23(33(24)26)8-5-13-32-22/h3-14,24-26H,1-2H3/t24-,25-,26-/m0/s1. The molecule has 0 bridgehead atoms. The van der Waals surface area contributed by atoms with E-state index in [4.69, 9.17) is 0 Å². The highest BCUT2D eigenvalue weighted by Gasteiger charge is 2.64. The van der Waals surface area contributed by atoms with Gasteiger partial charge in [0.05, 0.1) is 29.6 Å². The van der Waals surface area contributed by atoms with E-state index >= 15 is 4.39 Å². The van der Waals surface area contributed by atoms with Crippen LogP contribution in [0.15, 0.2) is 66.9 Å². The van der Waals surface area contributed by atoms with Crippen LogP contribution >= 0.6 is 0 Å². The van der Waals surface area contributed by atoms with E-state index in [9.17, 15) is 15.3 Å². The molecule has 2 aliphatic rings. The van der Waals surface area contributed by atoms with Crippen LogP contribution in [0.2, 0.25) is 0 Å². The first-order valence-electron chi connectivity index (χ1n) is 11.0. The predicted octanol–water partition coefficient (Wildman–Crippen LogP) is 5.12. The Balaban J connectivity index is 1.82. The number of nitriles is 2. The number of anilines is 1. The summed E-state index contributed by atoms with van der Waals surface area (Å²) in [5.74, 6) is -1.82. The van der Waals surface area contributed by atoms with E-state index < -0.39 is 29.2 Å². The van der Waals surface area contributed by atoms with E-state index in [1.165, 1.54) is 6.07 Å². The molecule has 2 aromatic carbocycles. The molecule has 3 atom stereocenters. The number of halogens is 1. The van der Waals surface area contributed by atoms with Gasteiger partial charge in [-0.05, 0) is 49.2 Å². The molecule has 166 valence electrons. The molecule has 2 aliphatic heterocycles. The monoisotopic (exact) mass is 448 g/mol. The molecular weight excluding hydrogens is 427 g/mol. The molecule has 5 nitrogen and oxygen atoms in total. The van der Waals surface area contributed by atoms with Crippen LogP contribution in [0.5, 0.6) is 0 Å². The van der Waals surface area contributed by atoms with Crippen molar-refractivity contribution in [2.75, 3.05) is 4.90 Å². The van der Waals surface area contributed by atoms with Crippen LogP contribution < -0.4 is 4.90 Å². The normalized spacial score (nSPS) is 21.8. The number of nitrogens with zero attached hydrogens (tertiary/aromatic N) is 4. The number of aromatic nitrogens is 1. The van der Waals surface area contributed by atoms with Crippen LogP contribution in [0.1, 0.15) is 38.7 Å². The Morgan fingerprint density at radius 1 is 1.09 bits per heavy atom. The molecular formula is C28H21FN4O. The summed E-state index contributed by atoms with van der Waals surface area (Å²) in [5.41, 5.74) is 2.07. The molecule has 0 spiro atoms. The van der Waals surface area contributed by atoms with Gasteiger partial charge in [-0.3, -0.25) is 9.78 Å². The van der Waals surface area contributed by atoms with Crippen molar-refractivity contribution in [3.8, 4) is 12.1 Å². The number of pyridine rings is 1. The molecule has 3 aromatic rings. The highest BCUT2D eigenvalue weighted by Crippen LogP contribution is 2.55. The van der Waals surface area contributed by atoms with Crippen LogP contribution in [-0.4, -0.2) is 22.9 Å². The van der Waals surface area contributed by atoms with Crippen molar-refractivity contribution in [2.45, 2.75) is 31.8 Å². The number of Topliss-reactive ketones (excluding diaryl/α,β-unsaturated/α-hetero) is 1. The van der Waals surface area contributed by atoms with Gasteiger partial charge in [0, 0.05) is 17.7 Å². The summed E-state index contributed by atoms with van der Waals surface area (Å²) in [7, 11) is 0. The zero-order chi connectivity index (χ0) is 24.0. The minimum Gasteiger partial charge on any atom is -0.349 e. The Bertz CT molecular complexity index is 1420. The second-order valence-electron chi connectivity index (χ2n) is 8.84. The summed E-state index contributed by atoms with van der Waals surface area (Å²) < 4.78 is 15.2. The van der Waals surface area contributed by atoms with Crippen LogP contribution in [-0.2, 0) is 0 Å². The van der Waals surface area contributed by atoms with Crippen molar-refractivity contribution in [3.05, 3.63) is 101 Å². The molecule has 6 heteroatoms. The second kappa shape index (κ2) is 7.93. The number of hydrogen-bond acceptors (Lipinski definition) is 5. The van der Waals surface area contributed by atoms with Gasteiger partial charge >= 0.3 is 0 Å². The van der Waals surface area contributed by atoms with Crippen LogP contribution in [0.3, 0.4) is 0 Å². The maximum absolute atomic E-state index is 15.2. The molecule has 0 saturated carbocycles. The van der Waals surface area contributed by atoms with E-state index in [0.717, 1.165) is 11.1 Å². The topological polar surface area (TPSA) is 80.8 Å². The van der Waals surface area contributed by atoms with Gasteiger partial charge in [0.25, 0.3) is 0 Å². The van der Waals surface area contributed by atoms with E-state index in [0.29, 0.717) is 16.9 Å². The SMILES string of the molecule is Cc1ccc(C(=O)[C@@H]2[C@H](c3ccccc3F)C(C#N)(C#N)[C@@H]3C=Cc4ncccc4N23)c(C)c1. The van der Waals surface area contributed by atoms with Crippen molar-refractivity contribution in [3.63, 3.8) is 0 Å². The largest absolute Gasteiger partial charge is 0.349 e. The first-order chi connectivity index (χ1) is 16.4. The van der Waals surface area contributed by atoms with Crippen molar-refractivity contribution in [1.29, 1.82) is 10.5 Å². The average molecular weight is 449 g/mol. The predicted molar refractivity (Wildman–Crippen MR) is 126 cm³/mol. The Morgan fingerprint density at radius 3 is 2.56 bits per heavy atom. The Morgan fingerprint density at radius 2 is 1.85 bits per heavy atom. The lowest BCUT2D eigenvalue weighted by Gasteiger charge is -2.35. The number of fused-ring (bicyclic) bond motifs is 3. The third-order valence-electron chi connectivity index (χ3n) is 6.93. The smallest absolute Gasteiger partial charge is 0.186 e. The fourth-order valence-electron chi connectivity index (χ4n) is 5.43. The summed E-state index contributed by atoms with van der Waals surface area (Å²) in [6.45, 7) is 3.81. The second-order valence-corrected chi connectivity index (χ2v) is 8.84. The van der Waals surface area contributed by atoms with Crippen molar-refractivity contribution < 1.29 is 9.18 Å². The fraction of sp³-hybridized carbons (Fsp3) is 0.214. The number of carbonyl (C=O) groups is 1. The Labute approximate surface area is 197 Å². The first kappa shape index (κ1) is 21.6. The molecule has 34 heavy (non-hydrogen) atoms. The Kier molecular flexibility index (Phi) is 5.03. The first-order valence-corrected chi connectivity index (χ1v) is 11.0. The number of aryl methyl sites for hydroxylation is 2. The van der Waals surface area contributed by atoms with Gasteiger partial charge in [0.15, 0.2) is 11.2 Å². The fourth-order valence-corrected chi connectivity index (χ4v) is 5.43. The van der Waals surface area contributed by atoms with Gasteiger partial charge in [0.1, 0.15) is 11.9 Å². The summed E-state index contributed by atoms with van der Waals surface area (Å²) in [5, 5.41) is 20.8. The molecule has 1 aromatic heterocycles. The van der Waals surface area contributed by atoms with Gasteiger partial charge < -0.3 is 4.90 Å². The van der Waals surface area contributed by atoms with E-state index in [1.807, 2.05) is 32.0 Å². The summed E-state index contributed by atoms with van der Waals surface area (Å²) >= 11 is 0. The lowest BCUT2D eigenvalue weighted by molar-refractivity contribution is 0.0950. The zero-order valence-corrected chi connectivity index (χ0v) is 18.7. The number of hydrogen-bond donors (Lipinski definition) is 0. The van der Waals surface area contributed by atoms with E-state index in [-0.39, 0.29) is 11.3 Å². The van der Waals surface area contributed by atoms with Crippen molar-refractivity contribution >= 4 is 17.5 Å². The molecule has 0 N–H and O–H groups in total. The van der Waals surface area contributed by atoms with Crippen LogP contribution in [0, 0.1) is 47.7 Å². The maximum atomic E-state index is 15.2. The van der Waals surface area contributed by atoms with Crippen LogP contribution in [0.4, 0.5) is 10.1 Å². The number of rotatable bonds is 3. The summed E-state index contributed by atoms with van der Waals surface area (Å²) in [6, 6.07) is 17.9. The molecule has 1 saturated heterocycles. The van der Waals surface area contributed by atoms with Crippen LogP contribution in [0.25, 0.3) is 6.08 Å². The highest BCUT2D eigenvalue weighted by molar-refractivity contribution is 6.05. The van der Waals surface area contributed by atoms with E-state index in [2.05, 4.69) is 17.1 Å². The molecule has 0 unspecified atom stereocenters. The minimum atomic E-state index is -1.69. The highest BCUT2D eigenvalue weighted by atomic mass is 19.1. The lowest BCUT2D eigenvalue weighted by atomic mass is 9.69. The molecule has 3 heterocycles.